The molecule has 0 saturated heterocycles. The number of hydrogen-bond donors (Lipinski definition) is 0. The second kappa shape index (κ2) is 9.07. The Bertz CT molecular complexity index is 1040. The first-order chi connectivity index (χ1) is 13.6. The number of hydrogen-bond acceptors (Lipinski definition) is 3. The van der Waals surface area contributed by atoms with Gasteiger partial charge in [-0.05, 0) is 47.5 Å². The highest BCUT2D eigenvalue weighted by Crippen LogP contribution is 2.31. The van der Waals surface area contributed by atoms with Crippen molar-refractivity contribution in [3.63, 3.8) is 0 Å². The molecule has 0 spiro atoms. The predicted molar refractivity (Wildman–Crippen MR) is 109 cm³/mol. The third-order valence-electron chi connectivity index (χ3n) is 4.09. The Balaban J connectivity index is 1.83. The molecule has 0 aliphatic rings. The molecular formula is C23H17ClFNO2. The molecule has 0 aliphatic carbocycles. The molecule has 0 fully saturated rings. The summed E-state index contributed by atoms with van der Waals surface area (Å²) in [4.78, 5) is 0. The van der Waals surface area contributed by atoms with Gasteiger partial charge >= 0.3 is 0 Å². The van der Waals surface area contributed by atoms with Crippen LogP contribution in [-0.4, -0.2) is 7.11 Å². The summed E-state index contributed by atoms with van der Waals surface area (Å²) < 4.78 is 25.2. The van der Waals surface area contributed by atoms with Crippen LogP contribution in [0.15, 0.2) is 66.7 Å². The van der Waals surface area contributed by atoms with Gasteiger partial charge in [0.1, 0.15) is 12.4 Å². The van der Waals surface area contributed by atoms with E-state index in [4.69, 9.17) is 21.1 Å². The average Bonchev–Trinajstić information content (AvgIpc) is 2.72. The summed E-state index contributed by atoms with van der Waals surface area (Å²) in [5.41, 5.74) is 2.17. The second-order valence-corrected chi connectivity index (χ2v) is 6.41. The minimum Gasteiger partial charge on any atom is -0.493 e. The molecule has 0 aliphatic heterocycles. The summed E-state index contributed by atoms with van der Waals surface area (Å²) in [6, 6.07) is 20.9. The van der Waals surface area contributed by atoms with Crippen molar-refractivity contribution in [2.75, 3.05) is 7.11 Å². The normalized spacial score (nSPS) is 11.0. The summed E-state index contributed by atoms with van der Waals surface area (Å²) >= 11 is 5.89. The van der Waals surface area contributed by atoms with Gasteiger partial charge in [0.15, 0.2) is 11.5 Å². The van der Waals surface area contributed by atoms with Gasteiger partial charge in [-0.15, -0.1) is 0 Å². The van der Waals surface area contributed by atoms with E-state index in [-0.39, 0.29) is 11.1 Å². The summed E-state index contributed by atoms with van der Waals surface area (Å²) in [5.74, 6) is 0.651. The Morgan fingerprint density at radius 3 is 2.50 bits per heavy atom. The number of methoxy groups -OCH3 is 1. The van der Waals surface area contributed by atoms with Crippen molar-refractivity contribution < 1.29 is 13.9 Å². The lowest BCUT2D eigenvalue weighted by Gasteiger charge is -2.12. The van der Waals surface area contributed by atoms with Crippen molar-refractivity contribution in [2.45, 2.75) is 6.61 Å². The van der Waals surface area contributed by atoms with E-state index in [2.05, 4.69) is 0 Å². The number of rotatable bonds is 6. The van der Waals surface area contributed by atoms with Crippen LogP contribution in [0.2, 0.25) is 5.02 Å². The maximum Gasteiger partial charge on any atom is 0.161 e. The summed E-state index contributed by atoms with van der Waals surface area (Å²) in [7, 11) is 1.54. The molecule has 0 atom stereocenters. The van der Waals surface area contributed by atoms with Crippen LogP contribution in [0.5, 0.6) is 11.5 Å². The van der Waals surface area contributed by atoms with Crippen molar-refractivity contribution >= 4 is 23.3 Å². The first kappa shape index (κ1) is 19.5. The molecule has 0 heterocycles. The fourth-order valence-electron chi connectivity index (χ4n) is 2.65. The minimum absolute atomic E-state index is 0.231. The lowest BCUT2D eigenvalue weighted by molar-refractivity contribution is 0.284. The highest BCUT2D eigenvalue weighted by Gasteiger charge is 2.09. The molecule has 0 aromatic heterocycles. The van der Waals surface area contributed by atoms with E-state index in [0.717, 1.165) is 5.56 Å². The summed E-state index contributed by atoms with van der Waals surface area (Å²) in [6.45, 7) is 0.362. The maximum absolute atomic E-state index is 14.0. The highest BCUT2D eigenvalue weighted by molar-refractivity contribution is 6.30. The Morgan fingerprint density at radius 2 is 1.82 bits per heavy atom. The topological polar surface area (TPSA) is 42.2 Å². The number of allylic oxidation sites excluding steroid dienone is 1. The fraction of sp³-hybridized carbons (Fsp3) is 0.0870. The number of nitriles is 1. The number of halogens is 2. The van der Waals surface area contributed by atoms with Crippen LogP contribution >= 0.6 is 11.6 Å². The molecule has 28 heavy (non-hydrogen) atoms. The third-order valence-corrected chi connectivity index (χ3v) is 4.34. The van der Waals surface area contributed by atoms with Crippen molar-refractivity contribution in [3.05, 3.63) is 94.3 Å². The second-order valence-electron chi connectivity index (χ2n) is 5.98. The average molecular weight is 394 g/mol. The van der Waals surface area contributed by atoms with Gasteiger partial charge in [-0.2, -0.15) is 5.26 Å². The molecule has 5 heteroatoms. The zero-order valence-electron chi connectivity index (χ0n) is 15.2. The fourth-order valence-corrected chi connectivity index (χ4v) is 2.78. The molecule has 3 aromatic rings. The molecule has 3 rings (SSSR count). The summed E-state index contributed by atoms with van der Waals surface area (Å²) in [5, 5.41) is 10.1. The van der Waals surface area contributed by atoms with Crippen molar-refractivity contribution in [2.24, 2.45) is 0 Å². The zero-order chi connectivity index (χ0) is 19.9. The third kappa shape index (κ3) is 4.70. The Kier molecular flexibility index (Phi) is 6.31. The quantitative estimate of drug-likeness (QED) is 0.373. The van der Waals surface area contributed by atoms with Gasteiger partial charge in [0, 0.05) is 10.6 Å². The number of ether oxygens (including phenoxy) is 2. The molecule has 140 valence electrons. The minimum atomic E-state index is -0.440. The number of nitrogens with zero attached hydrogens (tertiary/aromatic N) is 1. The van der Waals surface area contributed by atoms with Crippen LogP contribution in [0, 0.1) is 17.1 Å². The van der Waals surface area contributed by atoms with Gasteiger partial charge in [0.2, 0.25) is 0 Å². The molecule has 0 N–H and O–H groups in total. The van der Waals surface area contributed by atoms with E-state index in [1.54, 1.807) is 61.7 Å². The summed E-state index contributed by atoms with van der Waals surface area (Å²) in [6.07, 6.45) is 1.61. The van der Waals surface area contributed by atoms with E-state index in [0.29, 0.717) is 28.7 Å². The molecule has 0 saturated carbocycles. The molecule has 3 nitrogen and oxygen atoms in total. The zero-order valence-corrected chi connectivity index (χ0v) is 15.9. The predicted octanol–water partition coefficient (Wildman–Crippen LogP) is 6.13. The van der Waals surface area contributed by atoms with Gasteiger partial charge in [0.05, 0.1) is 18.8 Å². The van der Waals surface area contributed by atoms with Gasteiger partial charge in [-0.1, -0.05) is 48.0 Å². The van der Waals surface area contributed by atoms with Crippen LogP contribution < -0.4 is 9.47 Å². The Morgan fingerprint density at radius 1 is 1.07 bits per heavy atom. The maximum atomic E-state index is 14.0. The monoisotopic (exact) mass is 393 g/mol. The van der Waals surface area contributed by atoms with E-state index in [1.807, 2.05) is 18.2 Å². The van der Waals surface area contributed by atoms with Gasteiger partial charge in [-0.25, -0.2) is 4.39 Å². The Labute approximate surface area is 168 Å². The van der Waals surface area contributed by atoms with Crippen LogP contribution in [0.1, 0.15) is 16.7 Å². The molecule has 0 radical (unpaired) electrons. The van der Waals surface area contributed by atoms with Crippen molar-refractivity contribution in [3.8, 4) is 17.6 Å². The van der Waals surface area contributed by atoms with Crippen molar-refractivity contribution in [1.29, 1.82) is 5.26 Å². The molecule has 0 bridgehead atoms. The van der Waals surface area contributed by atoms with E-state index in [9.17, 15) is 9.65 Å². The number of benzene rings is 3. The van der Waals surface area contributed by atoms with Crippen LogP contribution in [0.25, 0.3) is 11.6 Å². The standard InChI is InChI=1S/C23H17ClFNO2/c1-27-23-13-17(12-18(14-26)20-4-2-3-5-21(20)25)8-11-22(23)28-15-16-6-9-19(24)10-7-16/h2-13H,15H2,1H3/b18-12-. The first-order valence-electron chi connectivity index (χ1n) is 8.52. The van der Waals surface area contributed by atoms with E-state index < -0.39 is 5.82 Å². The van der Waals surface area contributed by atoms with Gasteiger partial charge in [-0.3, -0.25) is 0 Å². The Hall–Kier alpha value is -3.29. The largest absolute Gasteiger partial charge is 0.493 e. The van der Waals surface area contributed by atoms with Gasteiger partial charge in [0.25, 0.3) is 0 Å². The molecular weight excluding hydrogens is 377 g/mol. The molecule has 0 amide bonds. The van der Waals surface area contributed by atoms with Crippen LogP contribution in [-0.2, 0) is 6.61 Å². The lowest BCUT2D eigenvalue weighted by atomic mass is 10.0. The first-order valence-corrected chi connectivity index (χ1v) is 8.90. The van der Waals surface area contributed by atoms with Gasteiger partial charge < -0.3 is 9.47 Å². The lowest BCUT2D eigenvalue weighted by Crippen LogP contribution is -1.98. The molecule has 3 aromatic carbocycles. The van der Waals surface area contributed by atoms with Crippen molar-refractivity contribution in [1.82, 2.24) is 0 Å². The highest BCUT2D eigenvalue weighted by atomic mass is 35.5. The smallest absolute Gasteiger partial charge is 0.161 e. The van der Waals surface area contributed by atoms with Crippen LogP contribution in [0.4, 0.5) is 4.39 Å². The van der Waals surface area contributed by atoms with E-state index >= 15 is 0 Å². The van der Waals surface area contributed by atoms with Crippen LogP contribution in [0.3, 0.4) is 0 Å². The molecule has 0 unspecified atom stereocenters. The van der Waals surface area contributed by atoms with E-state index in [1.165, 1.54) is 6.07 Å². The SMILES string of the molecule is COc1cc(/C=C(/C#N)c2ccccc2F)ccc1OCc1ccc(Cl)cc1.